The molecule has 4 rings (SSSR count). The number of thiophene rings is 1. The van der Waals surface area contributed by atoms with Crippen LogP contribution in [0.5, 0.6) is 5.75 Å². The largest absolute Gasteiger partial charge is 0.494 e. The summed E-state index contributed by atoms with van der Waals surface area (Å²) in [6.45, 7) is 4.12. The molecule has 0 fully saturated rings. The van der Waals surface area contributed by atoms with Gasteiger partial charge in [-0.1, -0.05) is 18.3 Å². The Morgan fingerprint density at radius 2 is 1.88 bits per heavy atom. The topological polar surface area (TPSA) is 159 Å². The third kappa shape index (κ3) is 7.25. The summed E-state index contributed by atoms with van der Waals surface area (Å²) >= 11 is 2.31. The molecule has 0 spiro atoms. The summed E-state index contributed by atoms with van der Waals surface area (Å²) in [6.07, 6.45) is 2.28. The summed E-state index contributed by atoms with van der Waals surface area (Å²) in [6, 6.07) is 5.14. The standard InChI is InChI=1S/C27H31N3O9S3/c1-5-39-16-7-9-18-20(11-16)41-27(30(18)12-23(33)37-3)29-22(32)14-42(35,36)13-21(31)28-25-24(26(34)38-4)17-8-6-15(2)10-19(17)40-25/h7,9,11,15H,5-6,8,10,12-14H2,1-4H3,(H,28,31). The highest BCUT2D eigenvalue weighted by Gasteiger charge is 2.30. The van der Waals surface area contributed by atoms with Crippen molar-refractivity contribution in [2.24, 2.45) is 10.9 Å². The predicted molar refractivity (Wildman–Crippen MR) is 158 cm³/mol. The van der Waals surface area contributed by atoms with E-state index in [0.717, 1.165) is 34.6 Å². The normalized spacial score (nSPS) is 15.2. The number of ether oxygens (including phenoxy) is 3. The monoisotopic (exact) mass is 637 g/mol. The first-order chi connectivity index (χ1) is 19.9. The molecule has 1 N–H and O–H groups in total. The molecule has 0 saturated carbocycles. The van der Waals surface area contributed by atoms with Gasteiger partial charge >= 0.3 is 11.9 Å². The molecule has 2 amide bonds. The minimum atomic E-state index is -4.24. The van der Waals surface area contributed by atoms with Crippen LogP contribution in [0, 0.1) is 5.92 Å². The maximum Gasteiger partial charge on any atom is 0.341 e. The predicted octanol–water partition coefficient (Wildman–Crippen LogP) is 2.73. The average molecular weight is 638 g/mol. The third-order valence-electron chi connectivity index (χ3n) is 6.55. The highest BCUT2D eigenvalue weighted by atomic mass is 32.2. The van der Waals surface area contributed by atoms with Crippen LogP contribution in [0.1, 0.15) is 41.1 Å². The van der Waals surface area contributed by atoms with Gasteiger partial charge in [-0.15, -0.1) is 11.3 Å². The molecule has 1 aliphatic rings. The molecular formula is C27H31N3O9S3. The molecule has 1 atom stereocenters. The number of anilines is 1. The lowest BCUT2D eigenvalue weighted by molar-refractivity contribution is -0.141. The number of amides is 2. The number of fused-ring (bicyclic) bond motifs is 2. The van der Waals surface area contributed by atoms with Crippen molar-refractivity contribution >= 4 is 71.5 Å². The van der Waals surface area contributed by atoms with Crippen molar-refractivity contribution in [3.63, 3.8) is 0 Å². The molecule has 2 aromatic heterocycles. The Morgan fingerprint density at radius 1 is 1.12 bits per heavy atom. The smallest absolute Gasteiger partial charge is 0.341 e. The van der Waals surface area contributed by atoms with Crippen molar-refractivity contribution in [1.82, 2.24) is 4.57 Å². The maximum absolute atomic E-state index is 12.8. The number of nitrogens with one attached hydrogen (secondary N) is 1. The first-order valence-electron chi connectivity index (χ1n) is 13.1. The van der Waals surface area contributed by atoms with Gasteiger partial charge in [0.05, 0.1) is 36.6 Å². The van der Waals surface area contributed by atoms with E-state index in [-0.39, 0.29) is 21.9 Å². The van der Waals surface area contributed by atoms with Gasteiger partial charge in [-0.25, -0.2) is 13.2 Å². The molecule has 0 radical (unpaired) electrons. The summed E-state index contributed by atoms with van der Waals surface area (Å²) in [5.41, 5.74) is 1.64. The second kappa shape index (κ2) is 13.2. The SMILES string of the molecule is CCOc1ccc2c(c1)sc(=NC(=O)CS(=O)(=O)CC(=O)Nc1sc3c(c1C(=O)OC)CCC(C)C3)n2CC(=O)OC. The number of carbonyl (C=O) groups excluding carboxylic acids is 4. The summed E-state index contributed by atoms with van der Waals surface area (Å²) in [5.74, 6) is -4.10. The number of nitrogens with zero attached hydrogens (tertiary/aromatic N) is 2. The van der Waals surface area contributed by atoms with Crippen LogP contribution in [-0.2, 0) is 53.1 Å². The summed E-state index contributed by atoms with van der Waals surface area (Å²) in [5, 5.41) is 2.77. The van der Waals surface area contributed by atoms with E-state index < -0.39 is 45.1 Å². The molecule has 0 saturated heterocycles. The number of hydrogen-bond donors (Lipinski definition) is 1. The Labute approximate surface area is 250 Å². The Hall–Kier alpha value is -3.56. The zero-order valence-electron chi connectivity index (χ0n) is 23.6. The summed E-state index contributed by atoms with van der Waals surface area (Å²) in [7, 11) is -1.77. The highest BCUT2D eigenvalue weighted by molar-refractivity contribution is 7.92. The van der Waals surface area contributed by atoms with Crippen molar-refractivity contribution < 1.29 is 41.8 Å². The number of benzene rings is 1. The molecule has 226 valence electrons. The second-order valence-electron chi connectivity index (χ2n) is 9.74. The van der Waals surface area contributed by atoms with E-state index in [2.05, 4.69) is 17.2 Å². The number of hydrogen-bond acceptors (Lipinski definition) is 11. The van der Waals surface area contributed by atoms with Crippen molar-refractivity contribution in [2.75, 3.05) is 37.6 Å². The number of rotatable bonds is 10. The number of sulfone groups is 1. The minimum Gasteiger partial charge on any atom is -0.494 e. The fourth-order valence-corrected chi connectivity index (χ4v) is 8.14. The Morgan fingerprint density at radius 3 is 2.57 bits per heavy atom. The zero-order valence-corrected chi connectivity index (χ0v) is 26.0. The van der Waals surface area contributed by atoms with E-state index in [9.17, 15) is 27.6 Å². The van der Waals surface area contributed by atoms with Crippen LogP contribution in [0.25, 0.3) is 10.2 Å². The molecule has 1 aliphatic carbocycles. The lowest BCUT2D eigenvalue weighted by atomic mass is 9.88. The number of esters is 2. The average Bonchev–Trinajstić information content (AvgIpc) is 3.43. The van der Waals surface area contributed by atoms with Gasteiger partial charge in [0.15, 0.2) is 14.6 Å². The minimum absolute atomic E-state index is 0.0924. The van der Waals surface area contributed by atoms with E-state index in [4.69, 9.17) is 14.2 Å². The van der Waals surface area contributed by atoms with Crippen molar-refractivity contribution in [3.8, 4) is 5.75 Å². The van der Waals surface area contributed by atoms with Crippen LogP contribution in [0.2, 0.25) is 0 Å². The summed E-state index contributed by atoms with van der Waals surface area (Å²) in [4.78, 5) is 55.1. The van der Waals surface area contributed by atoms with E-state index in [1.54, 1.807) is 18.2 Å². The van der Waals surface area contributed by atoms with Crippen LogP contribution in [0.3, 0.4) is 0 Å². The van der Waals surface area contributed by atoms with Gasteiger partial charge in [0.2, 0.25) is 5.91 Å². The van der Waals surface area contributed by atoms with E-state index in [1.165, 1.54) is 30.1 Å². The van der Waals surface area contributed by atoms with E-state index in [1.807, 2.05) is 6.92 Å². The van der Waals surface area contributed by atoms with Gasteiger partial charge in [0, 0.05) is 4.88 Å². The molecule has 0 bridgehead atoms. The Bertz CT molecular complexity index is 1720. The van der Waals surface area contributed by atoms with Crippen LogP contribution in [-0.4, -0.2) is 69.1 Å². The molecule has 12 nitrogen and oxygen atoms in total. The Balaban J connectivity index is 1.54. The van der Waals surface area contributed by atoms with Crippen LogP contribution in [0.15, 0.2) is 23.2 Å². The van der Waals surface area contributed by atoms with Gasteiger partial charge in [0.1, 0.15) is 28.8 Å². The second-order valence-corrected chi connectivity index (χ2v) is 13.9. The quantitative estimate of drug-likeness (QED) is 0.330. The highest BCUT2D eigenvalue weighted by Crippen LogP contribution is 2.40. The number of aromatic nitrogens is 1. The molecule has 15 heteroatoms. The van der Waals surface area contributed by atoms with Gasteiger partial charge in [0.25, 0.3) is 5.91 Å². The fraction of sp³-hybridized carbons (Fsp3) is 0.444. The zero-order chi connectivity index (χ0) is 30.6. The molecule has 42 heavy (non-hydrogen) atoms. The fourth-order valence-electron chi connectivity index (χ4n) is 4.64. The maximum atomic E-state index is 12.8. The van der Waals surface area contributed by atoms with Gasteiger partial charge < -0.3 is 24.1 Å². The number of carbonyl (C=O) groups is 4. The van der Waals surface area contributed by atoms with Crippen LogP contribution >= 0.6 is 22.7 Å². The van der Waals surface area contributed by atoms with Crippen LogP contribution in [0.4, 0.5) is 5.00 Å². The lowest BCUT2D eigenvalue weighted by Gasteiger charge is -2.18. The molecule has 3 aromatic rings. The van der Waals surface area contributed by atoms with Crippen LogP contribution < -0.4 is 14.9 Å². The van der Waals surface area contributed by atoms with Gasteiger partial charge in [-0.2, -0.15) is 4.99 Å². The Kier molecular flexibility index (Phi) is 9.84. The molecule has 1 unspecified atom stereocenters. The first kappa shape index (κ1) is 31.4. The number of methoxy groups -OCH3 is 2. The molecule has 0 aliphatic heterocycles. The molecule has 1 aromatic carbocycles. The molecular weight excluding hydrogens is 607 g/mol. The first-order valence-corrected chi connectivity index (χ1v) is 16.5. The van der Waals surface area contributed by atoms with Gasteiger partial charge in [-0.05, 0) is 55.9 Å². The van der Waals surface area contributed by atoms with E-state index >= 15 is 0 Å². The van der Waals surface area contributed by atoms with Crippen molar-refractivity contribution in [1.29, 1.82) is 0 Å². The number of thiazole rings is 1. The summed E-state index contributed by atoms with van der Waals surface area (Å²) < 4.78 is 42.9. The molecule has 2 heterocycles. The third-order valence-corrected chi connectivity index (χ3v) is 10.1. The van der Waals surface area contributed by atoms with Crippen molar-refractivity contribution in [2.45, 2.75) is 39.7 Å². The van der Waals surface area contributed by atoms with E-state index in [0.29, 0.717) is 34.9 Å². The lowest BCUT2D eigenvalue weighted by Crippen LogP contribution is -2.29. The van der Waals surface area contributed by atoms with Gasteiger partial charge in [-0.3, -0.25) is 14.4 Å². The van der Waals surface area contributed by atoms with Crippen molar-refractivity contribution in [3.05, 3.63) is 39.0 Å².